The van der Waals surface area contributed by atoms with Crippen molar-refractivity contribution >= 4 is 12.3 Å². The van der Waals surface area contributed by atoms with Crippen molar-refractivity contribution < 1.29 is 27.8 Å². The molecule has 18 heavy (non-hydrogen) atoms. The second kappa shape index (κ2) is 5.72. The summed E-state index contributed by atoms with van der Waals surface area (Å²) in [6.07, 6.45) is 0.267. The topological polar surface area (TPSA) is 76.4 Å². The van der Waals surface area contributed by atoms with Crippen molar-refractivity contribution in [1.82, 2.24) is 0 Å². The summed E-state index contributed by atoms with van der Waals surface area (Å²) in [4.78, 5) is 22.1. The third kappa shape index (κ3) is 2.79. The molecule has 0 saturated heterocycles. The Bertz CT molecular complexity index is 523. The number of hydrogen-bond donors (Lipinski definition) is 0. The fourth-order valence-corrected chi connectivity index (χ4v) is 1.30. The lowest BCUT2D eigenvalue weighted by molar-refractivity contribution is -0.0499. The van der Waals surface area contributed by atoms with E-state index in [1.165, 1.54) is 0 Å². The van der Waals surface area contributed by atoms with Crippen molar-refractivity contribution in [3.8, 4) is 11.8 Å². The van der Waals surface area contributed by atoms with Crippen LogP contribution in [-0.4, -0.2) is 26.0 Å². The molecule has 1 rings (SSSR count). The third-order valence-electron chi connectivity index (χ3n) is 2.01. The van der Waals surface area contributed by atoms with Crippen molar-refractivity contribution in [3.63, 3.8) is 0 Å². The Kier molecular flexibility index (Phi) is 4.32. The Hall–Kier alpha value is -2.49. The molecule has 0 bridgehead atoms. The lowest BCUT2D eigenvalue weighted by atomic mass is 10.0. The molecule has 0 aliphatic carbocycles. The average Bonchev–Trinajstić information content (AvgIpc) is 2.35. The van der Waals surface area contributed by atoms with E-state index in [1.807, 2.05) is 0 Å². The number of ether oxygens (including phenoxy) is 2. The van der Waals surface area contributed by atoms with E-state index in [0.717, 1.165) is 19.2 Å². The molecule has 0 aromatic heterocycles. The van der Waals surface area contributed by atoms with Gasteiger partial charge >= 0.3 is 12.6 Å². The summed E-state index contributed by atoms with van der Waals surface area (Å²) in [6.45, 7) is -3.11. The Morgan fingerprint density at radius 1 is 1.50 bits per heavy atom. The van der Waals surface area contributed by atoms with Crippen LogP contribution in [0.4, 0.5) is 8.78 Å². The molecular formula is C11H7F2NO4. The van der Waals surface area contributed by atoms with E-state index in [4.69, 9.17) is 5.26 Å². The molecule has 0 saturated carbocycles. The summed E-state index contributed by atoms with van der Waals surface area (Å²) in [5.74, 6) is -1.32. The number of carbonyl (C=O) groups excluding carboxylic acids is 2. The highest BCUT2D eigenvalue weighted by molar-refractivity contribution is 5.96. The lowest BCUT2D eigenvalue weighted by Crippen LogP contribution is -2.09. The quantitative estimate of drug-likeness (QED) is 0.605. The SMILES string of the molecule is COC(=O)c1cc(OC(F)F)cc(C=O)c1C#N. The maximum Gasteiger partial charge on any atom is 0.387 e. The molecule has 1 aromatic rings. The van der Waals surface area contributed by atoms with Crippen molar-refractivity contribution in [2.75, 3.05) is 7.11 Å². The number of nitrogens with zero attached hydrogens (tertiary/aromatic N) is 1. The van der Waals surface area contributed by atoms with Crippen LogP contribution in [0.2, 0.25) is 0 Å². The van der Waals surface area contributed by atoms with Crippen LogP contribution in [0.3, 0.4) is 0 Å². The van der Waals surface area contributed by atoms with Gasteiger partial charge in [0.05, 0.1) is 18.2 Å². The van der Waals surface area contributed by atoms with Gasteiger partial charge in [0.25, 0.3) is 0 Å². The largest absolute Gasteiger partial charge is 0.465 e. The molecule has 0 aliphatic heterocycles. The predicted octanol–water partition coefficient (Wildman–Crippen LogP) is 1.76. The van der Waals surface area contributed by atoms with Gasteiger partial charge in [-0.1, -0.05) is 0 Å². The number of nitriles is 1. The Balaban J connectivity index is 3.41. The summed E-state index contributed by atoms with van der Waals surface area (Å²) in [7, 11) is 1.06. The smallest absolute Gasteiger partial charge is 0.387 e. The van der Waals surface area contributed by atoms with Crippen LogP contribution in [0, 0.1) is 11.3 Å². The van der Waals surface area contributed by atoms with Crippen molar-refractivity contribution in [2.24, 2.45) is 0 Å². The van der Waals surface area contributed by atoms with Gasteiger partial charge in [-0.2, -0.15) is 14.0 Å². The van der Waals surface area contributed by atoms with E-state index >= 15 is 0 Å². The molecule has 0 fully saturated rings. The Morgan fingerprint density at radius 3 is 2.61 bits per heavy atom. The van der Waals surface area contributed by atoms with Gasteiger partial charge < -0.3 is 9.47 Å². The van der Waals surface area contributed by atoms with Crippen molar-refractivity contribution in [2.45, 2.75) is 6.61 Å². The molecule has 0 aliphatic rings. The van der Waals surface area contributed by atoms with E-state index < -0.39 is 18.3 Å². The number of carbonyl (C=O) groups is 2. The fourth-order valence-electron chi connectivity index (χ4n) is 1.30. The molecule has 5 nitrogen and oxygen atoms in total. The molecular weight excluding hydrogens is 248 g/mol. The monoisotopic (exact) mass is 255 g/mol. The number of alkyl halides is 2. The van der Waals surface area contributed by atoms with Gasteiger partial charge in [0.15, 0.2) is 6.29 Å². The fraction of sp³-hybridized carbons (Fsp3) is 0.182. The van der Waals surface area contributed by atoms with Gasteiger partial charge in [0.2, 0.25) is 0 Å². The molecule has 1 aromatic carbocycles. The van der Waals surface area contributed by atoms with E-state index in [1.54, 1.807) is 6.07 Å². The molecule has 7 heteroatoms. The first kappa shape index (κ1) is 13.6. The first-order valence-electron chi connectivity index (χ1n) is 4.60. The molecule has 0 unspecified atom stereocenters. The molecule has 0 heterocycles. The summed E-state index contributed by atoms with van der Waals surface area (Å²) in [6, 6.07) is 3.50. The second-order valence-corrected chi connectivity index (χ2v) is 3.03. The van der Waals surface area contributed by atoms with Gasteiger partial charge in [-0.25, -0.2) is 4.79 Å². The number of halogens is 2. The van der Waals surface area contributed by atoms with E-state index in [-0.39, 0.29) is 23.0 Å². The summed E-state index contributed by atoms with van der Waals surface area (Å²) in [5.41, 5.74) is -0.783. The van der Waals surface area contributed by atoms with Crippen molar-refractivity contribution in [3.05, 3.63) is 28.8 Å². The standard InChI is InChI=1S/C11H7F2NO4/c1-17-10(16)8-3-7(18-11(12)13)2-6(5-15)9(8)4-14/h2-3,5,11H,1H3. The van der Waals surface area contributed by atoms with E-state index in [9.17, 15) is 18.4 Å². The normalized spacial score (nSPS) is 9.72. The minimum absolute atomic E-state index is 0.226. The van der Waals surface area contributed by atoms with Gasteiger partial charge in [-0.3, -0.25) is 4.79 Å². The van der Waals surface area contributed by atoms with Crippen molar-refractivity contribution in [1.29, 1.82) is 5.26 Å². The molecule has 0 atom stereocenters. The minimum atomic E-state index is -3.11. The maximum absolute atomic E-state index is 12.1. The van der Waals surface area contributed by atoms with Gasteiger partial charge in [-0.15, -0.1) is 0 Å². The van der Waals surface area contributed by atoms with Gasteiger partial charge in [0, 0.05) is 5.56 Å². The number of hydrogen-bond acceptors (Lipinski definition) is 5. The number of esters is 1. The maximum atomic E-state index is 12.1. The van der Waals surface area contributed by atoms with Crippen LogP contribution >= 0.6 is 0 Å². The second-order valence-electron chi connectivity index (χ2n) is 3.03. The number of benzene rings is 1. The zero-order valence-electron chi connectivity index (χ0n) is 9.15. The van der Waals surface area contributed by atoms with Crippen LogP contribution in [-0.2, 0) is 4.74 Å². The molecule has 0 amide bonds. The molecule has 0 radical (unpaired) electrons. The van der Waals surface area contributed by atoms with Crippen LogP contribution in [0.1, 0.15) is 26.3 Å². The Labute approximate surface area is 101 Å². The highest BCUT2D eigenvalue weighted by atomic mass is 19.3. The van der Waals surface area contributed by atoms with Crippen LogP contribution < -0.4 is 4.74 Å². The average molecular weight is 255 g/mol. The summed E-state index contributed by atoms with van der Waals surface area (Å²) in [5, 5.41) is 8.84. The molecule has 0 N–H and O–H groups in total. The van der Waals surface area contributed by atoms with Crippen LogP contribution in [0.15, 0.2) is 12.1 Å². The Morgan fingerprint density at radius 2 is 2.17 bits per heavy atom. The third-order valence-corrected chi connectivity index (χ3v) is 2.01. The minimum Gasteiger partial charge on any atom is -0.465 e. The first-order chi connectivity index (χ1) is 8.53. The summed E-state index contributed by atoms with van der Waals surface area (Å²) < 4.78 is 32.6. The lowest BCUT2D eigenvalue weighted by Gasteiger charge is -2.09. The number of methoxy groups -OCH3 is 1. The zero-order chi connectivity index (χ0) is 13.7. The first-order valence-corrected chi connectivity index (χ1v) is 4.60. The van der Waals surface area contributed by atoms with E-state index in [0.29, 0.717) is 0 Å². The van der Waals surface area contributed by atoms with Gasteiger partial charge in [0.1, 0.15) is 11.8 Å². The van der Waals surface area contributed by atoms with Crippen LogP contribution in [0.25, 0.3) is 0 Å². The number of rotatable bonds is 4. The predicted molar refractivity (Wildman–Crippen MR) is 54.5 cm³/mol. The highest BCUT2D eigenvalue weighted by Gasteiger charge is 2.19. The summed E-state index contributed by atoms with van der Waals surface area (Å²) >= 11 is 0. The van der Waals surface area contributed by atoms with Gasteiger partial charge in [-0.05, 0) is 12.1 Å². The van der Waals surface area contributed by atoms with Crippen LogP contribution in [0.5, 0.6) is 5.75 Å². The molecule has 0 spiro atoms. The molecule has 94 valence electrons. The zero-order valence-corrected chi connectivity index (χ0v) is 9.15. The number of aldehydes is 1. The highest BCUT2D eigenvalue weighted by Crippen LogP contribution is 2.23. The van der Waals surface area contributed by atoms with E-state index in [2.05, 4.69) is 9.47 Å².